The molecule has 2 rings (SSSR count). The second-order valence-corrected chi connectivity index (χ2v) is 5.83. The second-order valence-electron chi connectivity index (χ2n) is 4.97. The lowest BCUT2D eigenvalue weighted by Crippen LogP contribution is -2.14. The van der Waals surface area contributed by atoms with Crippen LogP contribution in [-0.2, 0) is 6.42 Å². The van der Waals surface area contributed by atoms with Gasteiger partial charge in [0, 0.05) is 10.5 Å². The van der Waals surface area contributed by atoms with Crippen LogP contribution in [0.15, 0.2) is 40.9 Å². The Labute approximate surface area is 121 Å². The fraction of sp³-hybridized carbons (Fsp3) is 0.250. The van der Waals surface area contributed by atoms with Crippen molar-refractivity contribution >= 4 is 15.9 Å². The Balaban J connectivity index is 2.22. The molecule has 0 spiro atoms. The standard InChI is InChI=1S/C16H17BrFN/c1-10-5-11(2)7-12(6-10)8-16(19)14-4-3-13(18)9-15(14)17/h3-7,9,16H,8,19H2,1-2H3. The Kier molecular flexibility index (Phi) is 4.38. The van der Waals surface area contributed by atoms with Crippen molar-refractivity contribution in [3.05, 3.63) is 68.9 Å². The van der Waals surface area contributed by atoms with Crippen molar-refractivity contribution in [2.24, 2.45) is 5.73 Å². The number of halogens is 2. The van der Waals surface area contributed by atoms with Gasteiger partial charge in [0.15, 0.2) is 0 Å². The van der Waals surface area contributed by atoms with E-state index in [1.165, 1.54) is 28.8 Å². The maximum atomic E-state index is 13.1. The van der Waals surface area contributed by atoms with Crippen LogP contribution in [0.2, 0.25) is 0 Å². The molecule has 3 heteroatoms. The molecule has 2 aromatic carbocycles. The number of rotatable bonds is 3. The van der Waals surface area contributed by atoms with Crippen molar-refractivity contribution in [2.45, 2.75) is 26.3 Å². The fourth-order valence-corrected chi connectivity index (χ4v) is 3.00. The highest BCUT2D eigenvalue weighted by molar-refractivity contribution is 9.10. The Morgan fingerprint density at radius 3 is 2.32 bits per heavy atom. The summed E-state index contributed by atoms with van der Waals surface area (Å²) in [6.45, 7) is 4.16. The average Bonchev–Trinajstić information content (AvgIpc) is 2.26. The van der Waals surface area contributed by atoms with E-state index >= 15 is 0 Å². The van der Waals surface area contributed by atoms with Crippen molar-refractivity contribution in [2.75, 3.05) is 0 Å². The van der Waals surface area contributed by atoms with Gasteiger partial charge in [-0.25, -0.2) is 4.39 Å². The van der Waals surface area contributed by atoms with Gasteiger partial charge in [0.2, 0.25) is 0 Å². The third kappa shape index (κ3) is 3.64. The minimum atomic E-state index is -0.255. The van der Waals surface area contributed by atoms with Gasteiger partial charge in [-0.1, -0.05) is 51.3 Å². The van der Waals surface area contributed by atoms with Crippen LogP contribution in [-0.4, -0.2) is 0 Å². The first kappa shape index (κ1) is 14.2. The van der Waals surface area contributed by atoms with Gasteiger partial charge in [0.25, 0.3) is 0 Å². The summed E-state index contributed by atoms with van der Waals surface area (Å²) in [6.07, 6.45) is 0.743. The van der Waals surface area contributed by atoms with Gasteiger partial charge in [-0.2, -0.15) is 0 Å². The molecule has 0 aliphatic carbocycles. The van der Waals surface area contributed by atoms with E-state index in [2.05, 4.69) is 48.0 Å². The molecule has 0 aromatic heterocycles. The summed E-state index contributed by atoms with van der Waals surface area (Å²) >= 11 is 3.37. The third-order valence-corrected chi connectivity index (χ3v) is 3.79. The molecular formula is C16H17BrFN. The third-order valence-electron chi connectivity index (χ3n) is 3.10. The molecule has 1 nitrogen and oxygen atoms in total. The molecule has 0 fully saturated rings. The fourth-order valence-electron chi connectivity index (χ4n) is 2.35. The van der Waals surface area contributed by atoms with Crippen LogP contribution in [0.1, 0.15) is 28.3 Å². The number of hydrogen-bond acceptors (Lipinski definition) is 1. The van der Waals surface area contributed by atoms with Gasteiger partial charge in [-0.05, 0) is 43.5 Å². The zero-order valence-corrected chi connectivity index (χ0v) is 12.7. The summed E-state index contributed by atoms with van der Waals surface area (Å²) in [5.41, 5.74) is 10.8. The maximum Gasteiger partial charge on any atom is 0.124 e. The molecule has 0 amide bonds. The molecule has 1 atom stereocenters. The smallest absolute Gasteiger partial charge is 0.124 e. The van der Waals surface area contributed by atoms with Crippen molar-refractivity contribution in [1.82, 2.24) is 0 Å². The van der Waals surface area contributed by atoms with E-state index in [1.54, 1.807) is 6.07 Å². The van der Waals surface area contributed by atoms with Crippen molar-refractivity contribution < 1.29 is 4.39 Å². The first-order chi connectivity index (χ1) is 8.95. The molecule has 0 saturated heterocycles. The predicted octanol–water partition coefficient (Wildman–Crippen LogP) is 4.45. The molecule has 0 bridgehead atoms. The highest BCUT2D eigenvalue weighted by Crippen LogP contribution is 2.26. The van der Waals surface area contributed by atoms with Crippen LogP contribution in [0.4, 0.5) is 4.39 Å². The van der Waals surface area contributed by atoms with E-state index in [9.17, 15) is 4.39 Å². The summed E-state index contributed by atoms with van der Waals surface area (Å²) in [7, 11) is 0. The monoisotopic (exact) mass is 321 g/mol. The van der Waals surface area contributed by atoms with Gasteiger partial charge < -0.3 is 5.73 Å². The molecule has 0 saturated carbocycles. The van der Waals surface area contributed by atoms with E-state index < -0.39 is 0 Å². The minimum Gasteiger partial charge on any atom is -0.324 e. The van der Waals surface area contributed by atoms with Gasteiger partial charge in [0.1, 0.15) is 5.82 Å². The van der Waals surface area contributed by atoms with Crippen LogP contribution in [0, 0.1) is 19.7 Å². The lowest BCUT2D eigenvalue weighted by Gasteiger charge is -2.15. The average molecular weight is 322 g/mol. The van der Waals surface area contributed by atoms with Crippen molar-refractivity contribution in [3.8, 4) is 0 Å². The van der Waals surface area contributed by atoms with Gasteiger partial charge >= 0.3 is 0 Å². The summed E-state index contributed by atoms with van der Waals surface area (Å²) in [6, 6.07) is 10.9. The molecule has 0 heterocycles. The van der Waals surface area contributed by atoms with E-state index in [0.717, 1.165) is 16.5 Å². The van der Waals surface area contributed by atoms with Crippen molar-refractivity contribution in [1.29, 1.82) is 0 Å². The lowest BCUT2D eigenvalue weighted by atomic mass is 9.97. The Bertz CT molecular complexity index is 575. The van der Waals surface area contributed by atoms with Gasteiger partial charge in [-0.3, -0.25) is 0 Å². The number of aryl methyl sites for hydroxylation is 2. The van der Waals surface area contributed by atoms with E-state index in [1.807, 2.05) is 0 Å². The van der Waals surface area contributed by atoms with E-state index in [0.29, 0.717) is 0 Å². The van der Waals surface area contributed by atoms with Crippen LogP contribution in [0.25, 0.3) is 0 Å². The summed E-state index contributed by atoms with van der Waals surface area (Å²) in [5, 5.41) is 0. The van der Waals surface area contributed by atoms with Crippen molar-refractivity contribution in [3.63, 3.8) is 0 Å². The van der Waals surface area contributed by atoms with E-state index in [-0.39, 0.29) is 11.9 Å². The SMILES string of the molecule is Cc1cc(C)cc(CC(N)c2ccc(F)cc2Br)c1. The topological polar surface area (TPSA) is 26.0 Å². The molecule has 0 radical (unpaired) electrons. The summed E-state index contributed by atoms with van der Waals surface area (Å²) < 4.78 is 13.8. The van der Waals surface area contributed by atoms with Crippen LogP contribution in [0.5, 0.6) is 0 Å². The zero-order valence-electron chi connectivity index (χ0n) is 11.1. The Morgan fingerprint density at radius 1 is 1.11 bits per heavy atom. The normalized spacial score (nSPS) is 12.5. The molecule has 0 aliphatic rings. The first-order valence-corrected chi connectivity index (χ1v) is 7.02. The Morgan fingerprint density at radius 2 is 1.74 bits per heavy atom. The number of benzene rings is 2. The first-order valence-electron chi connectivity index (χ1n) is 6.23. The second kappa shape index (κ2) is 5.85. The molecule has 1 unspecified atom stereocenters. The van der Waals surface area contributed by atoms with Crippen LogP contribution >= 0.6 is 15.9 Å². The Hall–Kier alpha value is -1.19. The van der Waals surface area contributed by atoms with Crippen LogP contribution in [0.3, 0.4) is 0 Å². The maximum absolute atomic E-state index is 13.1. The minimum absolute atomic E-state index is 0.142. The molecular weight excluding hydrogens is 305 g/mol. The predicted molar refractivity (Wildman–Crippen MR) is 80.6 cm³/mol. The molecule has 100 valence electrons. The highest BCUT2D eigenvalue weighted by atomic mass is 79.9. The number of hydrogen-bond donors (Lipinski definition) is 1. The lowest BCUT2D eigenvalue weighted by molar-refractivity contribution is 0.623. The highest BCUT2D eigenvalue weighted by Gasteiger charge is 2.11. The quantitative estimate of drug-likeness (QED) is 0.888. The molecule has 2 N–H and O–H groups in total. The van der Waals surface area contributed by atoms with Gasteiger partial charge in [-0.15, -0.1) is 0 Å². The summed E-state index contributed by atoms with van der Waals surface area (Å²) in [5.74, 6) is -0.255. The van der Waals surface area contributed by atoms with Crippen LogP contribution < -0.4 is 5.73 Å². The molecule has 19 heavy (non-hydrogen) atoms. The molecule has 2 aromatic rings. The largest absolute Gasteiger partial charge is 0.324 e. The zero-order chi connectivity index (χ0) is 14.0. The number of nitrogens with two attached hydrogens (primary N) is 1. The van der Waals surface area contributed by atoms with Gasteiger partial charge in [0.05, 0.1) is 0 Å². The summed E-state index contributed by atoms with van der Waals surface area (Å²) in [4.78, 5) is 0. The molecule has 0 aliphatic heterocycles. The van der Waals surface area contributed by atoms with E-state index in [4.69, 9.17) is 5.73 Å².